The van der Waals surface area contributed by atoms with E-state index in [2.05, 4.69) is 20.8 Å². The standard InChI is InChI=1S/C8H18OS/c1-7(2)8(3)6-10-5-4-9/h7-9H,4-6H2,1-3H3. The van der Waals surface area contributed by atoms with Gasteiger partial charge in [-0.3, -0.25) is 0 Å². The summed E-state index contributed by atoms with van der Waals surface area (Å²) in [5, 5.41) is 8.50. The van der Waals surface area contributed by atoms with Gasteiger partial charge in [0.2, 0.25) is 0 Å². The molecule has 1 N–H and O–H groups in total. The van der Waals surface area contributed by atoms with E-state index in [9.17, 15) is 0 Å². The highest BCUT2D eigenvalue weighted by atomic mass is 32.2. The quantitative estimate of drug-likeness (QED) is 0.624. The predicted molar refractivity (Wildman–Crippen MR) is 48.4 cm³/mol. The van der Waals surface area contributed by atoms with E-state index >= 15 is 0 Å². The van der Waals surface area contributed by atoms with Gasteiger partial charge in [-0.25, -0.2) is 0 Å². The molecule has 0 amide bonds. The highest BCUT2D eigenvalue weighted by molar-refractivity contribution is 7.99. The molecule has 0 saturated heterocycles. The van der Waals surface area contributed by atoms with Crippen LogP contribution in [0.3, 0.4) is 0 Å². The first-order valence-electron chi connectivity index (χ1n) is 3.87. The molecule has 2 heteroatoms. The summed E-state index contributed by atoms with van der Waals surface area (Å²) >= 11 is 1.84. The third kappa shape index (κ3) is 5.12. The smallest absolute Gasteiger partial charge is 0.0521 e. The minimum Gasteiger partial charge on any atom is -0.396 e. The molecule has 1 unspecified atom stereocenters. The van der Waals surface area contributed by atoms with Crippen molar-refractivity contribution in [1.29, 1.82) is 0 Å². The van der Waals surface area contributed by atoms with E-state index in [1.165, 1.54) is 5.75 Å². The first-order valence-corrected chi connectivity index (χ1v) is 5.02. The minimum absolute atomic E-state index is 0.315. The molecule has 62 valence electrons. The lowest BCUT2D eigenvalue weighted by Crippen LogP contribution is -2.07. The molecule has 1 nitrogen and oxygen atoms in total. The van der Waals surface area contributed by atoms with Gasteiger partial charge < -0.3 is 5.11 Å². The monoisotopic (exact) mass is 162 g/mol. The Morgan fingerprint density at radius 1 is 1.30 bits per heavy atom. The van der Waals surface area contributed by atoms with Crippen molar-refractivity contribution in [3.63, 3.8) is 0 Å². The van der Waals surface area contributed by atoms with Crippen LogP contribution in [0.2, 0.25) is 0 Å². The fourth-order valence-corrected chi connectivity index (χ4v) is 1.58. The van der Waals surface area contributed by atoms with Gasteiger partial charge in [0.25, 0.3) is 0 Å². The van der Waals surface area contributed by atoms with Crippen molar-refractivity contribution in [2.75, 3.05) is 18.1 Å². The predicted octanol–water partition coefficient (Wildman–Crippen LogP) is 2.00. The van der Waals surface area contributed by atoms with E-state index < -0.39 is 0 Å². The molecule has 0 aliphatic carbocycles. The van der Waals surface area contributed by atoms with Crippen molar-refractivity contribution in [2.45, 2.75) is 20.8 Å². The van der Waals surface area contributed by atoms with Crippen molar-refractivity contribution in [2.24, 2.45) is 11.8 Å². The topological polar surface area (TPSA) is 20.2 Å². The minimum atomic E-state index is 0.315. The van der Waals surface area contributed by atoms with Crippen LogP contribution in [0.25, 0.3) is 0 Å². The molecule has 0 spiro atoms. The van der Waals surface area contributed by atoms with E-state index in [0.29, 0.717) is 6.61 Å². The second-order valence-corrected chi connectivity index (χ2v) is 4.17. The van der Waals surface area contributed by atoms with Crippen LogP contribution in [0.4, 0.5) is 0 Å². The van der Waals surface area contributed by atoms with Gasteiger partial charge >= 0.3 is 0 Å². The Balaban J connectivity index is 3.13. The summed E-state index contributed by atoms with van der Waals surface area (Å²) in [6, 6.07) is 0. The molecule has 0 aromatic rings. The van der Waals surface area contributed by atoms with E-state index in [1.54, 1.807) is 0 Å². The maximum atomic E-state index is 8.50. The van der Waals surface area contributed by atoms with Crippen LogP contribution in [0.1, 0.15) is 20.8 Å². The average molecular weight is 162 g/mol. The summed E-state index contributed by atoms with van der Waals surface area (Å²) in [5.41, 5.74) is 0. The Morgan fingerprint density at radius 3 is 2.30 bits per heavy atom. The lowest BCUT2D eigenvalue weighted by molar-refractivity contribution is 0.322. The third-order valence-electron chi connectivity index (χ3n) is 1.75. The first kappa shape index (κ1) is 10.3. The van der Waals surface area contributed by atoms with Crippen LogP contribution < -0.4 is 0 Å². The van der Waals surface area contributed by atoms with Crippen molar-refractivity contribution in [3.8, 4) is 0 Å². The van der Waals surface area contributed by atoms with Crippen LogP contribution in [0.5, 0.6) is 0 Å². The van der Waals surface area contributed by atoms with E-state index in [0.717, 1.165) is 17.6 Å². The molecule has 1 atom stereocenters. The summed E-state index contributed by atoms with van der Waals surface area (Å²) in [6.45, 7) is 7.05. The lowest BCUT2D eigenvalue weighted by Gasteiger charge is -2.13. The molecule has 0 bridgehead atoms. The maximum Gasteiger partial charge on any atom is 0.0521 e. The van der Waals surface area contributed by atoms with Gasteiger partial charge in [-0.15, -0.1) is 0 Å². The second-order valence-electron chi connectivity index (χ2n) is 3.02. The van der Waals surface area contributed by atoms with Gasteiger partial charge in [-0.05, 0) is 17.6 Å². The molecule has 0 saturated carbocycles. The molecule has 0 rings (SSSR count). The Morgan fingerprint density at radius 2 is 1.90 bits per heavy atom. The van der Waals surface area contributed by atoms with Crippen LogP contribution in [-0.4, -0.2) is 23.2 Å². The summed E-state index contributed by atoms with van der Waals surface area (Å²) in [6.07, 6.45) is 0. The molecule has 0 radical (unpaired) electrons. The molecule has 0 aliphatic rings. The number of rotatable bonds is 5. The Hall–Kier alpha value is 0.310. The van der Waals surface area contributed by atoms with Crippen molar-refractivity contribution in [1.82, 2.24) is 0 Å². The van der Waals surface area contributed by atoms with Crippen LogP contribution >= 0.6 is 11.8 Å². The Kier molecular flexibility index (Phi) is 6.24. The molecule has 0 fully saturated rings. The fourth-order valence-electron chi connectivity index (χ4n) is 0.526. The zero-order valence-corrected chi connectivity index (χ0v) is 7.95. The van der Waals surface area contributed by atoms with E-state index in [1.807, 2.05) is 11.8 Å². The maximum absolute atomic E-state index is 8.50. The van der Waals surface area contributed by atoms with Gasteiger partial charge in [-0.1, -0.05) is 20.8 Å². The van der Waals surface area contributed by atoms with Gasteiger partial charge in [0.15, 0.2) is 0 Å². The van der Waals surface area contributed by atoms with Crippen molar-refractivity contribution >= 4 is 11.8 Å². The zero-order chi connectivity index (χ0) is 7.98. The van der Waals surface area contributed by atoms with Gasteiger partial charge in [0.1, 0.15) is 0 Å². The Bertz CT molecular complexity index is 73.7. The molecule has 0 aliphatic heterocycles. The Labute approximate surface area is 68.2 Å². The number of aliphatic hydroxyl groups excluding tert-OH is 1. The summed E-state index contributed by atoms with van der Waals surface area (Å²) in [5.74, 6) is 3.61. The first-order chi connectivity index (χ1) is 4.68. The van der Waals surface area contributed by atoms with Gasteiger partial charge in [0.05, 0.1) is 6.61 Å². The van der Waals surface area contributed by atoms with E-state index in [4.69, 9.17) is 5.11 Å². The molecular weight excluding hydrogens is 144 g/mol. The normalized spacial score (nSPS) is 14.1. The van der Waals surface area contributed by atoms with Gasteiger partial charge in [-0.2, -0.15) is 11.8 Å². The SMILES string of the molecule is CC(C)C(C)CSCCO. The zero-order valence-electron chi connectivity index (χ0n) is 7.13. The van der Waals surface area contributed by atoms with Crippen LogP contribution in [0, 0.1) is 11.8 Å². The number of hydrogen-bond donors (Lipinski definition) is 1. The van der Waals surface area contributed by atoms with Crippen LogP contribution in [-0.2, 0) is 0 Å². The third-order valence-corrected chi connectivity index (χ3v) is 2.99. The van der Waals surface area contributed by atoms with Gasteiger partial charge in [0, 0.05) is 5.75 Å². The molecule has 0 aromatic carbocycles. The molecule has 10 heavy (non-hydrogen) atoms. The van der Waals surface area contributed by atoms with Crippen molar-refractivity contribution < 1.29 is 5.11 Å². The van der Waals surface area contributed by atoms with E-state index in [-0.39, 0.29) is 0 Å². The number of aliphatic hydroxyl groups is 1. The van der Waals surface area contributed by atoms with Crippen LogP contribution in [0.15, 0.2) is 0 Å². The summed E-state index contributed by atoms with van der Waals surface area (Å²) in [7, 11) is 0. The largest absolute Gasteiger partial charge is 0.396 e. The van der Waals surface area contributed by atoms with Crippen molar-refractivity contribution in [3.05, 3.63) is 0 Å². The summed E-state index contributed by atoms with van der Waals surface area (Å²) in [4.78, 5) is 0. The average Bonchev–Trinajstić information content (AvgIpc) is 1.88. The fraction of sp³-hybridized carbons (Fsp3) is 1.00. The highest BCUT2D eigenvalue weighted by Gasteiger charge is 2.05. The molecule has 0 heterocycles. The molecule has 0 aromatic heterocycles. The molecular formula is C8H18OS. The second kappa shape index (κ2) is 6.05. The number of thioether (sulfide) groups is 1. The number of hydrogen-bond acceptors (Lipinski definition) is 2. The lowest BCUT2D eigenvalue weighted by atomic mass is 10.0. The highest BCUT2D eigenvalue weighted by Crippen LogP contribution is 2.15. The summed E-state index contributed by atoms with van der Waals surface area (Å²) < 4.78 is 0.